The number of carboxylic acid groups (broad SMARTS) is 2. The maximum atomic E-state index is 9.10. The van der Waals surface area contributed by atoms with Crippen molar-refractivity contribution in [1.29, 1.82) is 0 Å². The van der Waals surface area contributed by atoms with Crippen LogP contribution >= 0.6 is 0 Å². The van der Waals surface area contributed by atoms with E-state index in [4.69, 9.17) is 19.8 Å². The summed E-state index contributed by atoms with van der Waals surface area (Å²) in [6.07, 6.45) is 0. The fourth-order valence-electron chi connectivity index (χ4n) is 0. The quantitative estimate of drug-likeness (QED) is 0.308. The number of carboxylic acids is 2. The summed E-state index contributed by atoms with van der Waals surface area (Å²) < 4.78 is 0. The van der Waals surface area contributed by atoms with Gasteiger partial charge in [0.05, 0.1) is 0 Å². The van der Waals surface area contributed by atoms with Gasteiger partial charge in [-0.25, -0.2) is 9.59 Å². The molecule has 0 heterocycles. The number of carbonyl (C=O) groups is 2. The van der Waals surface area contributed by atoms with Gasteiger partial charge in [-0.3, -0.25) is 0 Å². The minimum Gasteiger partial charge on any atom is -1.00 e. The molecule has 15 heavy (non-hydrogen) atoms. The van der Waals surface area contributed by atoms with Crippen LogP contribution in [0.1, 0.15) is 1.43 Å². The third-order valence-electron chi connectivity index (χ3n) is 0.183. The molecule has 100 valence electrons. The topological polar surface area (TPSA) is 327 Å². The summed E-state index contributed by atoms with van der Waals surface area (Å²) in [5.74, 6) is -3.65. The Labute approximate surface area is 96.6 Å². The van der Waals surface area contributed by atoms with Crippen molar-refractivity contribution in [2.45, 2.75) is 0 Å². The molecule has 0 spiro atoms. The van der Waals surface area contributed by atoms with Crippen LogP contribution in [0.4, 0.5) is 0 Å². The van der Waals surface area contributed by atoms with Crippen molar-refractivity contribution in [2.75, 3.05) is 0 Å². The van der Waals surface area contributed by atoms with Crippen LogP contribution in [0.2, 0.25) is 0 Å². The second kappa shape index (κ2) is 72.5. The average molecular weight is 242 g/mol. The van der Waals surface area contributed by atoms with E-state index < -0.39 is 11.9 Å². The second-order valence-corrected chi connectivity index (χ2v) is 0.610. The van der Waals surface area contributed by atoms with Gasteiger partial charge in [0, 0.05) is 0 Å². The Hall–Kier alpha value is -0.783. The maximum Gasteiger partial charge on any atom is 1.00 e. The molecule has 0 saturated carbocycles. The van der Waals surface area contributed by atoms with Crippen molar-refractivity contribution in [1.82, 2.24) is 0 Å². The van der Waals surface area contributed by atoms with Gasteiger partial charge >= 0.3 is 30.8 Å². The Morgan fingerprint density at radius 3 is 0.667 bits per heavy atom. The zero-order valence-corrected chi connectivity index (χ0v) is 7.71. The van der Waals surface area contributed by atoms with Crippen LogP contribution in [0, 0.1) is 0 Å². The Morgan fingerprint density at radius 2 is 0.667 bits per heavy atom. The van der Waals surface area contributed by atoms with E-state index in [-0.39, 0.29) is 64.1 Å². The van der Waals surface area contributed by atoms with Gasteiger partial charge < -0.3 is 55.4 Å². The van der Waals surface area contributed by atoms with Gasteiger partial charge in [-0.2, -0.15) is 0 Å². The van der Waals surface area contributed by atoms with Crippen LogP contribution < -0.4 is 18.9 Å². The van der Waals surface area contributed by atoms with E-state index in [0.29, 0.717) is 0 Å². The largest absolute Gasteiger partial charge is 1.00 e. The van der Waals surface area contributed by atoms with Crippen LogP contribution in [0.25, 0.3) is 0 Å². The SMILES string of the molecule is O.O.O.O.O.O.O.O.O=C(O)C(=O)O.[H-].[Li+]. The predicted molar refractivity (Wildman–Crippen MR) is 45.3 cm³/mol. The molecular weight excluding hydrogens is 223 g/mol. The van der Waals surface area contributed by atoms with E-state index in [9.17, 15) is 0 Å². The van der Waals surface area contributed by atoms with E-state index >= 15 is 0 Å². The zero-order chi connectivity index (χ0) is 5.15. The van der Waals surface area contributed by atoms with E-state index in [0.717, 1.165) is 0 Å². The summed E-state index contributed by atoms with van der Waals surface area (Å²) in [6, 6.07) is 0. The molecule has 12 nitrogen and oxygen atoms in total. The zero-order valence-electron chi connectivity index (χ0n) is 8.71. The molecule has 0 aromatic rings. The minimum atomic E-state index is -1.82. The molecule has 0 aliphatic rings. The molecule has 0 rings (SSSR count). The molecule has 0 radical (unpaired) electrons. The summed E-state index contributed by atoms with van der Waals surface area (Å²) >= 11 is 0. The van der Waals surface area contributed by atoms with Crippen LogP contribution in [-0.4, -0.2) is 66.0 Å². The van der Waals surface area contributed by atoms with Gasteiger partial charge in [-0.05, 0) is 0 Å². The van der Waals surface area contributed by atoms with E-state index in [1.165, 1.54) is 0 Å². The molecule has 0 bridgehead atoms. The van der Waals surface area contributed by atoms with Gasteiger partial charge in [-0.1, -0.05) is 0 Å². The summed E-state index contributed by atoms with van der Waals surface area (Å²) in [4.78, 5) is 18.2. The number of hydrogen-bond donors (Lipinski definition) is 2. The Balaban J connectivity index is -0.00000000278. The molecular formula is C2H19LiO12. The summed E-state index contributed by atoms with van der Waals surface area (Å²) in [7, 11) is 0. The van der Waals surface area contributed by atoms with Crippen molar-refractivity contribution in [3.8, 4) is 0 Å². The summed E-state index contributed by atoms with van der Waals surface area (Å²) in [6.45, 7) is 0. The van der Waals surface area contributed by atoms with E-state index in [1.54, 1.807) is 0 Å². The fraction of sp³-hybridized carbons (Fsp3) is 0. The molecule has 0 aromatic heterocycles. The predicted octanol–water partition coefficient (Wildman–Crippen LogP) is -10.3. The van der Waals surface area contributed by atoms with Crippen molar-refractivity contribution in [3.63, 3.8) is 0 Å². The smallest absolute Gasteiger partial charge is 1.00 e. The average Bonchev–Trinajstić information content (AvgIpc) is 1.36. The number of rotatable bonds is 0. The monoisotopic (exact) mass is 242 g/mol. The molecule has 0 unspecified atom stereocenters. The first-order valence-corrected chi connectivity index (χ1v) is 1.11. The molecule has 0 aliphatic carbocycles. The van der Waals surface area contributed by atoms with Crippen LogP contribution in [0.5, 0.6) is 0 Å². The summed E-state index contributed by atoms with van der Waals surface area (Å²) in [5, 5.41) is 14.8. The van der Waals surface area contributed by atoms with Gasteiger partial charge in [0.25, 0.3) is 0 Å². The first kappa shape index (κ1) is 140. The van der Waals surface area contributed by atoms with Crippen LogP contribution in [-0.2, 0) is 9.59 Å². The Bertz CT molecular complexity index is 85.0. The minimum absolute atomic E-state index is 0. The maximum absolute atomic E-state index is 9.10. The van der Waals surface area contributed by atoms with Gasteiger partial charge in [0.1, 0.15) is 0 Å². The molecule has 0 aromatic carbocycles. The number of aliphatic carboxylic acids is 2. The first-order chi connectivity index (χ1) is 2.64. The number of hydrogen-bond acceptors (Lipinski definition) is 2. The van der Waals surface area contributed by atoms with Gasteiger partial charge in [0.15, 0.2) is 0 Å². The van der Waals surface area contributed by atoms with Crippen molar-refractivity contribution < 1.29 is 83.9 Å². The molecule has 0 fully saturated rings. The third kappa shape index (κ3) is 161. The molecule has 0 amide bonds. The molecule has 13 heteroatoms. The van der Waals surface area contributed by atoms with Crippen LogP contribution in [0.3, 0.4) is 0 Å². The molecule has 0 aliphatic heterocycles. The van der Waals surface area contributed by atoms with Gasteiger partial charge in [-0.15, -0.1) is 0 Å². The molecule has 18 N–H and O–H groups in total. The van der Waals surface area contributed by atoms with E-state index in [1.807, 2.05) is 0 Å². The third-order valence-corrected chi connectivity index (χ3v) is 0.183. The van der Waals surface area contributed by atoms with Crippen molar-refractivity contribution in [3.05, 3.63) is 0 Å². The molecule has 0 atom stereocenters. The Kier molecular flexibility index (Phi) is 675. The first-order valence-electron chi connectivity index (χ1n) is 1.11. The normalized spacial score (nSPS) is 2.93. The second-order valence-electron chi connectivity index (χ2n) is 0.610. The standard InChI is InChI=1S/C2H2O4.Li.8H2O.H/c3-1(4)2(5)6;;;;;;;;;;/h(H,3,4)(H,5,6);;8*1H2;/q;+1;;;;;;;;;-1. The fourth-order valence-corrected chi connectivity index (χ4v) is 0. The Morgan fingerprint density at radius 1 is 0.600 bits per heavy atom. The van der Waals surface area contributed by atoms with Gasteiger partial charge in [0.2, 0.25) is 0 Å². The van der Waals surface area contributed by atoms with Crippen molar-refractivity contribution in [2.24, 2.45) is 0 Å². The summed E-state index contributed by atoms with van der Waals surface area (Å²) in [5.41, 5.74) is 0. The van der Waals surface area contributed by atoms with E-state index in [2.05, 4.69) is 0 Å². The van der Waals surface area contributed by atoms with Crippen LogP contribution in [0.15, 0.2) is 0 Å². The van der Waals surface area contributed by atoms with Crippen molar-refractivity contribution >= 4 is 11.9 Å². The molecule has 0 saturated heterocycles.